The number of nitrogens with zero attached hydrogens (tertiary/aromatic N) is 1. The van der Waals surface area contributed by atoms with Gasteiger partial charge in [0.2, 0.25) is 0 Å². The third kappa shape index (κ3) is 1.61. The van der Waals surface area contributed by atoms with Crippen molar-refractivity contribution in [2.75, 3.05) is 13.2 Å². The van der Waals surface area contributed by atoms with Gasteiger partial charge in [-0.3, -0.25) is 0 Å². The van der Waals surface area contributed by atoms with Crippen molar-refractivity contribution < 1.29 is 4.74 Å². The Hall–Kier alpha value is -0.450. The van der Waals surface area contributed by atoms with E-state index in [0.717, 1.165) is 24.6 Å². The zero-order valence-electron chi connectivity index (χ0n) is 7.69. The van der Waals surface area contributed by atoms with Crippen LogP contribution < -0.4 is 5.73 Å². The van der Waals surface area contributed by atoms with Crippen LogP contribution in [0, 0.1) is 5.92 Å². The largest absolute Gasteiger partial charge is 0.381 e. The standard InChI is InChI=1S/C9H14N2OS/c1-9(10,7-2-4-12-6-7)8-11-3-5-13-8/h3,5,7H,2,4,6,10H2,1H3. The van der Waals surface area contributed by atoms with Crippen molar-refractivity contribution in [3.63, 3.8) is 0 Å². The second kappa shape index (κ2) is 3.36. The van der Waals surface area contributed by atoms with Gasteiger partial charge in [-0.05, 0) is 13.3 Å². The summed E-state index contributed by atoms with van der Waals surface area (Å²) >= 11 is 1.63. The Balaban J connectivity index is 2.19. The molecule has 4 heteroatoms. The summed E-state index contributed by atoms with van der Waals surface area (Å²) < 4.78 is 5.34. The molecular weight excluding hydrogens is 184 g/mol. The van der Waals surface area contributed by atoms with Crippen LogP contribution in [0.4, 0.5) is 0 Å². The molecule has 0 radical (unpaired) electrons. The molecule has 2 N–H and O–H groups in total. The molecule has 2 unspecified atom stereocenters. The Morgan fingerprint density at radius 2 is 2.62 bits per heavy atom. The molecule has 0 saturated carbocycles. The number of ether oxygens (including phenoxy) is 1. The second-order valence-electron chi connectivity index (χ2n) is 3.68. The smallest absolute Gasteiger partial charge is 0.113 e. The zero-order valence-corrected chi connectivity index (χ0v) is 8.51. The Kier molecular flexibility index (Phi) is 2.36. The molecular formula is C9H14N2OS. The van der Waals surface area contributed by atoms with Gasteiger partial charge in [0.25, 0.3) is 0 Å². The first kappa shape index (κ1) is 9.12. The van der Waals surface area contributed by atoms with Gasteiger partial charge in [0.15, 0.2) is 0 Å². The van der Waals surface area contributed by atoms with E-state index in [1.165, 1.54) is 0 Å². The van der Waals surface area contributed by atoms with E-state index in [0.29, 0.717) is 5.92 Å². The van der Waals surface area contributed by atoms with Crippen LogP contribution in [0.1, 0.15) is 18.4 Å². The van der Waals surface area contributed by atoms with Crippen molar-refractivity contribution in [1.29, 1.82) is 0 Å². The highest BCUT2D eigenvalue weighted by molar-refractivity contribution is 7.09. The maximum Gasteiger partial charge on any atom is 0.113 e. The molecule has 1 saturated heterocycles. The Labute approximate surface area is 81.9 Å². The predicted molar refractivity (Wildman–Crippen MR) is 52.6 cm³/mol. The summed E-state index contributed by atoms with van der Waals surface area (Å²) in [7, 11) is 0. The van der Waals surface area contributed by atoms with Crippen LogP contribution in [0.2, 0.25) is 0 Å². The molecule has 0 aromatic carbocycles. The molecule has 1 aliphatic rings. The molecule has 0 bridgehead atoms. The molecule has 72 valence electrons. The van der Waals surface area contributed by atoms with Crippen molar-refractivity contribution in [3.8, 4) is 0 Å². The number of thiazole rings is 1. The molecule has 2 heterocycles. The molecule has 3 nitrogen and oxygen atoms in total. The lowest BCUT2D eigenvalue weighted by atomic mass is 9.86. The first-order chi connectivity index (χ1) is 6.21. The summed E-state index contributed by atoms with van der Waals surface area (Å²) in [6.07, 6.45) is 2.85. The number of hydrogen-bond donors (Lipinski definition) is 1. The van der Waals surface area contributed by atoms with Gasteiger partial charge in [0.05, 0.1) is 12.1 Å². The fourth-order valence-electron chi connectivity index (χ4n) is 1.67. The lowest BCUT2D eigenvalue weighted by molar-refractivity contribution is 0.166. The minimum Gasteiger partial charge on any atom is -0.381 e. The van der Waals surface area contributed by atoms with Crippen LogP contribution >= 0.6 is 11.3 Å². The highest BCUT2D eigenvalue weighted by atomic mass is 32.1. The summed E-state index contributed by atoms with van der Waals surface area (Å²) in [6.45, 7) is 3.65. The van der Waals surface area contributed by atoms with Gasteiger partial charge in [-0.15, -0.1) is 11.3 Å². The zero-order chi connectivity index (χ0) is 9.31. The van der Waals surface area contributed by atoms with Gasteiger partial charge < -0.3 is 10.5 Å². The van der Waals surface area contributed by atoms with E-state index in [2.05, 4.69) is 4.98 Å². The Morgan fingerprint density at radius 3 is 3.15 bits per heavy atom. The summed E-state index contributed by atoms with van der Waals surface area (Å²) in [5, 5.41) is 2.99. The van der Waals surface area contributed by atoms with Crippen molar-refractivity contribution in [2.24, 2.45) is 11.7 Å². The van der Waals surface area contributed by atoms with Crippen molar-refractivity contribution in [3.05, 3.63) is 16.6 Å². The van der Waals surface area contributed by atoms with E-state index in [1.807, 2.05) is 12.3 Å². The van der Waals surface area contributed by atoms with E-state index in [4.69, 9.17) is 10.5 Å². The second-order valence-corrected chi connectivity index (χ2v) is 4.58. The maximum absolute atomic E-state index is 6.26. The number of hydrogen-bond acceptors (Lipinski definition) is 4. The van der Waals surface area contributed by atoms with Crippen LogP contribution in [0.3, 0.4) is 0 Å². The quantitative estimate of drug-likeness (QED) is 0.780. The van der Waals surface area contributed by atoms with E-state index < -0.39 is 0 Å². The fraction of sp³-hybridized carbons (Fsp3) is 0.667. The van der Waals surface area contributed by atoms with E-state index >= 15 is 0 Å². The topological polar surface area (TPSA) is 48.1 Å². The van der Waals surface area contributed by atoms with E-state index in [-0.39, 0.29) is 5.54 Å². The minimum absolute atomic E-state index is 0.315. The van der Waals surface area contributed by atoms with Crippen LogP contribution in [-0.2, 0) is 10.3 Å². The number of rotatable bonds is 2. The molecule has 1 aliphatic heterocycles. The van der Waals surface area contributed by atoms with E-state index in [9.17, 15) is 0 Å². The van der Waals surface area contributed by atoms with Crippen molar-refractivity contribution in [2.45, 2.75) is 18.9 Å². The van der Waals surface area contributed by atoms with Gasteiger partial charge in [-0.2, -0.15) is 0 Å². The predicted octanol–water partition coefficient (Wildman–Crippen LogP) is 1.35. The van der Waals surface area contributed by atoms with E-state index in [1.54, 1.807) is 17.5 Å². The average Bonchev–Trinajstić information content (AvgIpc) is 2.78. The van der Waals surface area contributed by atoms with Crippen LogP contribution in [0.15, 0.2) is 11.6 Å². The molecule has 1 fully saturated rings. The molecule has 2 atom stereocenters. The van der Waals surface area contributed by atoms with Gasteiger partial charge in [-0.1, -0.05) is 0 Å². The highest BCUT2D eigenvalue weighted by Crippen LogP contribution is 2.33. The fourth-order valence-corrected chi connectivity index (χ4v) is 2.46. The lowest BCUT2D eigenvalue weighted by Crippen LogP contribution is -2.41. The third-order valence-corrected chi connectivity index (χ3v) is 3.70. The van der Waals surface area contributed by atoms with Crippen molar-refractivity contribution >= 4 is 11.3 Å². The molecule has 0 spiro atoms. The number of nitrogens with two attached hydrogens (primary N) is 1. The monoisotopic (exact) mass is 198 g/mol. The molecule has 0 amide bonds. The Bertz CT molecular complexity index is 265. The number of aromatic nitrogens is 1. The van der Waals surface area contributed by atoms with Crippen LogP contribution in [0.25, 0.3) is 0 Å². The summed E-state index contributed by atoms with van der Waals surface area (Å²) in [4.78, 5) is 4.27. The molecule has 0 aliphatic carbocycles. The molecule has 2 rings (SSSR count). The van der Waals surface area contributed by atoms with Gasteiger partial charge in [0, 0.05) is 24.1 Å². The average molecular weight is 198 g/mol. The Morgan fingerprint density at radius 1 is 1.77 bits per heavy atom. The summed E-state index contributed by atoms with van der Waals surface area (Å²) in [5.41, 5.74) is 5.94. The first-order valence-corrected chi connectivity index (χ1v) is 5.36. The molecule has 13 heavy (non-hydrogen) atoms. The van der Waals surface area contributed by atoms with Crippen molar-refractivity contribution in [1.82, 2.24) is 4.98 Å². The summed E-state index contributed by atoms with van der Waals surface area (Å²) in [5.74, 6) is 0.415. The third-order valence-electron chi connectivity index (χ3n) is 2.67. The van der Waals surface area contributed by atoms with Gasteiger partial charge >= 0.3 is 0 Å². The lowest BCUT2D eigenvalue weighted by Gasteiger charge is -2.27. The molecule has 1 aromatic heterocycles. The first-order valence-electron chi connectivity index (χ1n) is 4.48. The maximum atomic E-state index is 6.26. The summed E-state index contributed by atoms with van der Waals surface area (Å²) in [6, 6.07) is 0. The molecule has 1 aromatic rings. The highest BCUT2D eigenvalue weighted by Gasteiger charge is 2.36. The van der Waals surface area contributed by atoms with Gasteiger partial charge in [0.1, 0.15) is 5.01 Å². The van der Waals surface area contributed by atoms with Crippen LogP contribution in [-0.4, -0.2) is 18.2 Å². The normalized spacial score (nSPS) is 27.4. The van der Waals surface area contributed by atoms with Gasteiger partial charge in [-0.25, -0.2) is 4.98 Å². The minimum atomic E-state index is -0.315. The SMILES string of the molecule is CC(N)(c1nccs1)C1CCOC1. The van der Waals surface area contributed by atoms with Crippen LogP contribution in [0.5, 0.6) is 0 Å².